The van der Waals surface area contributed by atoms with E-state index in [-0.39, 0.29) is 29.4 Å². The lowest BCUT2D eigenvalue weighted by atomic mass is 9.88. The Morgan fingerprint density at radius 3 is 2.71 bits per heavy atom. The number of rotatable bonds is 6. The van der Waals surface area contributed by atoms with Crippen molar-refractivity contribution in [3.05, 3.63) is 69.7 Å². The van der Waals surface area contributed by atoms with Crippen molar-refractivity contribution in [2.75, 3.05) is 11.9 Å². The third-order valence-corrected chi connectivity index (χ3v) is 6.15. The molecule has 3 aromatic rings. The molecule has 1 atom stereocenters. The van der Waals surface area contributed by atoms with Gasteiger partial charge in [-0.3, -0.25) is 9.59 Å². The van der Waals surface area contributed by atoms with E-state index in [9.17, 15) is 23.9 Å². The third kappa shape index (κ3) is 4.13. The van der Waals surface area contributed by atoms with Gasteiger partial charge in [-0.25, -0.2) is 9.18 Å². The molecule has 2 amide bonds. The van der Waals surface area contributed by atoms with Crippen LogP contribution in [0.4, 0.5) is 10.1 Å². The highest BCUT2D eigenvalue weighted by Gasteiger charge is 2.34. The van der Waals surface area contributed by atoms with Gasteiger partial charge in [0.1, 0.15) is 16.4 Å². The number of benzene rings is 2. The molecule has 0 fully saturated rings. The molecule has 158 valence electrons. The van der Waals surface area contributed by atoms with E-state index in [0.717, 1.165) is 16.9 Å². The molecule has 0 spiro atoms. The molecule has 0 unspecified atom stereocenters. The van der Waals surface area contributed by atoms with Crippen LogP contribution in [0.2, 0.25) is 0 Å². The van der Waals surface area contributed by atoms with Crippen LogP contribution in [-0.2, 0) is 9.59 Å². The van der Waals surface area contributed by atoms with Gasteiger partial charge in [-0.2, -0.15) is 0 Å². The number of primary amides is 1. The molecule has 0 aliphatic carbocycles. The summed E-state index contributed by atoms with van der Waals surface area (Å²) < 4.78 is 19.2. The third-order valence-electron chi connectivity index (χ3n) is 4.86. The molecule has 4 rings (SSSR count). The molecule has 9 heteroatoms. The number of halogens is 1. The van der Waals surface area contributed by atoms with E-state index in [4.69, 9.17) is 10.5 Å². The number of carboxylic acids is 1. The second-order valence-electron chi connectivity index (χ2n) is 6.99. The normalized spacial score (nSPS) is 15.1. The summed E-state index contributed by atoms with van der Waals surface area (Å²) in [4.78, 5) is 36.2. The number of fused-ring (bicyclic) bond motifs is 1. The smallest absolute Gasteiger partial charge is 0.346 e. The van der Waals surface area contributed by atoms with Gasteiger partial charge in [0.15, 0.2) is 6.61 Å². The number of amides is 2. The maximum Gasteiger partial charge on any atom is 0.346 e. The molecule has 1 aliphatic rings. The Kier molecular flexibility index (Phi) is 5.43. The first-order valence-electron chi connectivity index (χ1n) is 9.30. The first-order valence-corrected chi connectivity index (χ1v) is 10.1. The van der Waals surface area contributed by atoms with Gasteiger partial charge in [-0.05, 0) is 35.4 Å². The number of hydrogen-bond acceptors (Lipinski definition) is 5. The molecule has 0 radical (unpaired) electrons. The van der Waals surface area contributed by atoms with E-state index in [0.29, 0.717) is 21.9 Å². The van der Waals surface area contributed by atoms with Crippen molar-refractivity contribution in [3.8, 4) is 16.9 Å². The van der Waals surface area contributed by atoms with E-state index in [1.807, 2.05) is 0 Å². The predicted molar refractivity (Wildman–Crippen MR) is 113 cm³/mol. The standard InChI is InChI=1S/C22H17FN2O5S/c23-13-5-1-4-12(7-13)18-19-20(31-21(18)22(28)29)15(9-17(27)25-19)11-3-2-6-14(8-11)30-10-16(24)26/h1-8,15H,9-10H2,(H2,24,26)(H,25,27)(H,28,29)/t15-/m0/s1. The Morgan fingerprint density at radius 2 is 2.00 bits per heavy atom. The van der Waals surface area contributed by atoms with Gasteiger partial charge < -0.3 is 20.9 Å². The number of carbonyl (C=O) groups excluding carboxylic acids is 2. The van der Waals surface area contributed by atoms with Crippen molar-refractivity contribution in [1.29, 1.82) is 0 Å². The van der Waals surface area contributed by atoms with Gasteiger partial charge in [0, 0.05) is 22.8 Å². The minimum absolute atomic E-state index is 0.0175. The number of thiophene rings is 1. The zero-order chi connectivity index (χ0) is 22.1. The molecule has 1 aliphatic heterocycles. The maximum atomic E-state index is 13.8. The summed E-state index contributed by atoms with van der Waals surface area (Å²) in [5.74, 6) is -2.59. The zero-order valence-electron chi connectivity index (χ0n) is 16.1. The van der Waals surface area contributed by atoms with Crippen LogP contribution >= 0.6 is 11.3 Å². The lowest BCUT2D eigenvalue weighted by Crippen LogP contribution is -2.22. The monoisotopic (exact) mass is 440 g/mol. The van der Waals surface area contributed by atoms with Crippen molar-refractivity contribution in [2.24, 2.45) is 5.73 Å². The Hall–Kier alpha value is -3.72. The summed E-state index contributed by atoms with van der Waals surface area (Å²) in [5.41, 5.74) is 6.87. The topological polar surface area (TPSA) is 119 Å². The number of aromatic carboxylic acids is 1. The molecule has 2 aromatic carbocycles. The first-order chi connectivity index (χ1) is 14.8. The second kappa shape index (κ2) is 8.19. The van der Waals surface area contributed by atoms with Gasteiger partial charge in [0.25, 0.3) is 5.91 Å². The number of nitrogens with one attached hydrogen (secondary N) is 1. The van der Waals surface area contributed by atoms with Crippen LogP contribution in [0.15, 0.2) is 48.5 Å². The van der Waals surface area contributed by atoms with E-state index < -0.39 is 23.6 Å². The summed E-state index contributed by atoms with van der Waals surface area (Å²) in [5, 5.41) is 12.5. The number of anilines is 1. The Balaban J connectivity index is 1.83. The molecule has 7 nitrogen and oxygen atoms in total. The van der Waals surface area contributed by atoms with Crippen molar-refractivity contribution >= 4 is 34.8 Å². The van der Waals surface area contributed by atoms with Gasteiger partial charge >= 0.3 is 5.97 Å². The van der Waals surface area contributed by atoms with Crippen molar-refractivity contribution in [1.82, 2.24) is 0 Å². The maximum absolute atomic E-state index is 13.8. The molecule has 0 saturated carbocycles. The fourth-order valence-electron chi connectivity index (χ4n) is 3.60. The summed E-state index contributed by atoms with van der Waals surface area (Å²) in [6, 6.07) is 12.5. The summed E-state index contributed by atoms with van der Waals surface area (Å²) in [6.45, 7) is -0.286. The molecular weight excluding hydrogens is 423 g/mol. The van der Waals surface area contributed by atoms with Crippen molar-refractivity contribution in [3.63, 3.8) is 0 Å². The highest BCUT2D eigenvalue weighted by atomic mass is 32.1. The second-order valence-corrected chi connectivity index (χ2v) is 8.05. The fourth-order valence-corrected chi connectivity index (χ4v) is 4.85. The largest absolute Gasteiger partial charge is 0.484 e. The van der Waals surface area contributed by atoms with Crippen LogP contribution in [0.1, 0.15) is 32.5 Å². The minimum atomic E-state index is -1.16. The van der Waals surface area contributed by atoms with Crippen molar-refractivity contribution in [2.45, 2.75) is 12.3 Å². The van der Waals surface area contributed by atoms with Crippen molar-refractivity contribution < 1.29 is 28.6 Å². The molecule has 1 aromatic heterocycles. The Morgan fingerprint density at radius 1 is 1.23 bits per heavy atom. The van der Waals surface area contributed by atoms with Gasteiger partial charge in [-0.15, -0.1) is 11.3 Å². The van der Waals surface area contributed by atoms with E-state index in [1.165, 1.54) is 18.2 Å². The molecule has 2 heterocycles. The van der Waals surface area contributed by atoms with E-state index >= 15 is 0 Å². The quantitative estimate of drug-likeness (QED) is 0.541. The molecule has 0 saturated heterocycles. The SMILES string of the molecule is NC(=O)COc1cccc([C@@H]2CC(=O)Nc3c2sc(C(=O)O)c3-c2cccc(F)c2)c1. The summed E-state index contributed by atoms with van der Waals surface area (Å²) in [6.07, 6.45) is 0.106. The average molecular weight is 440 g/mol. The molecule has 0 bridgehead atoms. The predicted octanol–water partition coefficient (Wildman–Crippen LogP) is 3.59. The van der Waals surface area contributed by atoms with Gasteiger partial charge in [0.05, 0.1) is 5.69 Å². The Bertz CT molecular complexity index is 1210. The van der Waals surface area contributed by atoms with Crippen LogP contribution < -0.4 is 15.8 Å². The summed E-state index contributed by atoms with van der Waals surface area (Å²) in [7, 11) is 0. The average Bonchev–Trinajstić information content (AvgIpc) is 3.11. The van der Waals surface area contributed by atoms with E-state index in [1.54, 1.807) is 30.3 Å². The molecule has 31 heavy (non-hydrogen) atoms. The van der Waals surface area contributed by atoms with Gasteiger partial charge in [0.2, 0.25) is 5.91 Å². The zero-order valence-corrected chi connectivity index (χ0v) is 16.9. The van der Waals surface area contributed by atoms with Gasteiger partial charge in [-0.1, -0.05) is 24.3 Å². The van der Waals surface area contributed by atoms with E-state index in [2.05, 4.69) is 5.32 Å². The number of nitrogens with two attached hydrogens (primary N) is 1. The number of ether oxygens (including phenoxy) is 1. The lowest BCUT2D eigenvalue weighted by Gasteiger charge is -2.24. The highest BCUT2D eigenvalue weighted by molar-refractivity contribution is 7.15. The lowest BCUT2D eigenvalue weighted by molar-refractivity contribution is -0.120. The molecular formula is C22H17FN2O5S. The first kappa shape index (κ1) is 20.5. The Labute approximate surface area is 180 Å². The fraction of sp³-hybridized carbons (Fsp3) is 0.136. The van der Waals surface area contributed by atoms with Crippen LogP contribution in [0.3, 0.4) is 0 Å². The molecule has 4 N–H and O–H groups in total. The number of carbonyl (C=O) groups is 3. The van der Waals surface area contributed by atoms with Crippen LogP contribution in [0.5, 0.6) is 5.75 Å². The van der Waals surface area contributed by atoms with Crippen LogP contribution in [0, 0.1) is 5.82 Å². The number of hydrogen-bond donors (Lipinski definition) is 3. The highest BCUT2D eigenvalue weighted by Crippen LogP contribution is 2.49. The van der Waals surface area contributed by atoms with Crippen LogP contribution in [-0.4, -0.2) is 29.5 Å². The minimum Gasteiger partial charge on any atom is -0.484 e. The number of carboxylic acid groups (broad SMARTS) is 1. The van der Waals surface area contributed by atoms with Crippen LogP contribution in [0.25, 0.3) is 11.1 Å². The summed E-state index contributed by atoms with van der Waals surface area (Å²) >= 11 is 1.05.